The maximum absolute atomic E-state index is 14.3. The lowest BCUT2D eigenvalue weighted by Crippen LogP contribution is -2.44. The van der Waals surface area contributed by atoms with Crippen molar-refractivity contribution in [2.75, 3.05) is 40.9 Å². The van der Waals surface area contributed by atoms with Crippen LogP contribution in [-0.2, 0) is 0 Å². The number of halogens is 1. The van der Waals surface area contributed by atoms with Gasteiger partial charge in [-0.05, 0) is 13.1 Å². The lowest BCUT2D eigenvalue weighted by molar-refractivity contribution is 0.190. The molecule has 8 heteroatoms. The minimum atomic E-state index is -0.507. The van der Waals surface area contributed by atoms with Crippen LogP contribution in [0.2, 0.25) is 0 Å². The van der Waals surface area contributed by atoms with Crippen molar-refractivity contribution in [2.45, 2.75) is 6.04 Å². The Morgan fingerprint density at radius 1 is 1.30 bits per heavy atom. The number of likely N-dealkylation sites (N-methyl/N-ethyl adjacent to an activating group) is 1. The number of piperazine rings is 1. The first kappa shape index (κ1) is 15.7. The van der Waals surface area contributed by atoms with E-state index < -0.39 is 5.82 Å². The molecule has 0 amide bonds. The molecule has 1 fully saturated rings. The van der Waals surface area contributed by atoms with E-state index in [2.05, 4.69) is 20.4 Å². The maximum atomic E-state index is 14.3. The number of nitrogens with zero attached hydrogens (tertiary/aromatic N) is 3. The van der Waals surface area contributed by atoms with Gasteiger partial charge in [0.05, 0.1) is 25.8 Å². The zero-order valence-corrected chi connectivity index (χ0v) is 13.3. The van der Waals surface area contributed by atoms with Gasteiger partial charge in [0.2, 0.25) is 0 Å². The van der Waals surface area contributed by atoms with Crippen LogP contribution >= 0.6 is 0 Å². The largest absolute Gasteiger partial charge is 0.493 e. The summed E-state index contributed by atoms with van der Waals surface area (Å²) in [6.07, 6.45) is 0. The second-order valence-corrected chi connectivity index (χ2v) is 5.35. The first-order valence-electron chi connectivity index (χ1n) is 7.30. The molecule has 1 N–H and O–H groups in total. The SMILES string of the molecule is COc1cc(F)c(-c2nc(C3CNCCN3C)no2)cc1OC. The van der Waals surface area contributed by atoms with E-state index in [1.807, 2.05) is 7.05 Å². The summed E-state index contributed by atoms with van der Waals surface area (Å²) in [5.41, 5.74) is 0.188. The van der Waals surface area contributed by atoms with Crippen molar-refractivity contribution in [3.63, 3.8) is 0 Å². The van der Waals surface area contributed by atoms with Crippen molar-refractivity contribution < 1.29 is 18.4 Å². The lowest BCUT2D eigenvalue weighted by atomic mass is 10.1. The fourth-order valence-electron chi connectivity index (χ4n) is 2.59. The quantitative estimate of drug-likeness (QED) is 0.914. The molecule has 1 aliphatic rings. The van der Waals surface area contributed by atoms with E-state index in [1.54, 1.807) is 0 Å². The monoisotopic (exact) mass is 322 g/mol. The fraction of sp³-hybridized carbons (Fsp3) is 0.467. The Morgan fingerprint density at radius 2 is 2.04 bits per heavy atom. The molecule has 1 aromatic carbocycles. The van der Waals surface area contributed by atoms with E-state index in [1.165, 1.54) is 26.4 Å². The third kappa shape index (κ3) is 2.99. The van der Waals surface area contributed by atoms with Crippen LogP contribution in [0.25, 0.3) is 11.5 Å². The summed E-state index contributed by atoms with van der Waals surface area (Å²) in [4.78, 5) is 6.49. The van der Waals surface area contributed by atoms with Crippen molar-refractivity contribution in [2.24, 2.45) is 0 Å². The number of nitrogens with one attached hydrogen (secondary N) is 1. The van der Waals surface area contributed by atoms with Crippen LogP contribution in [0.1, 0.15) is 11.9 Å². The van der Waals surface area contributed by atoms with Crippen LogP contribution in [-0.4, -0.2) is 55.9 Å². The molecule has 0 aliphatic carbocycles. The van der Waals surface area contributed by atoms with Gasteiger partial charge < -0.3 is 19.3 Å². The van der Waals surface area contributed by atoms with E-state index in [-0.39, 0.29) is 17.5 Å². The molecule has 2 heterocycles. The Balaban J connectivity index is 1.94. The van der Waals surface area contributed by atoms with E-state index >= 15 is 0 Å². The Hall–Kier alpha value is -2.19. The van der Waals surface area contributed by atoms with Crippen molar-refractivity contribution in [1.29, 1.82) is 0 Å². The predicted molar refractivity (Wildman–Crippen MR) is 81.0 cm³/mol. The molecule has 1 unspecified atom stereocenters. The second kappa shape index (κ2) is 6.51. The van der Waals surface area contributed by atoms with Crippen molar-refractivity contribution in [3.8, 4) is 23.0 Å². The Bertz CT molecular complexity index is 691. The Kier molecular flexibility index (Phi) is 4.44. The molecule has 7 nitrogen and oxygen atoms in total. The van der Waals surface area contributed by atoms with Gasteiger partial charge in [-0.3, -0.25) is 4.90 Å². The van der Waals surface area contributed by atoms with Crippen LogP contribution in [0.4, 0.5) is 4.39 Å². The summed E-state index contributed by atoms with van der Waals surface area (Å²) >= 11 is 0. The second-order valence-electron chi connectivity index (χ2n) is 5.35. The molecule has 0 radical (unpaired) electrons. The highest BCUT2D eigenvalue weighted by Gasteiger charge is 2.26. The molecule has 23 heavy (non-hydrogen) atoms. The van der Waals surface area contributed by atoms with Gasteiger partial charge in [-0.25, -0.2) is 4.39 Å². The third-order valence-corrected chi connectivity index (χ3v) is 3.95. The summed E-state index contributed by atoms with van der Waals surface area (Å²) in [7, 11) is 4.94. The minimum absolute atomic E-state index is 0.00413. The molecular formula is C15H19FN4O3. The van der Waals surface area contributed by atoms with Crippen molar-refractivity contribution in [1.82, 2.24) is 20.4 Å². The average molecular weight is 322 g/mol. The summed E-state index contributed by atoms with van der Waals surface area (Å²) in [6, 6.07) is 2.74. The number of rotatable bonds is 4. The van der Waals surface area contributed by atoms with E-state index in [0.717, 1.165) is 19.6 Å². The zero-order chi connectivity index (χ0) is 16.4. The first-order valence-corrected chi connectivity index (χ1v) is 7.30. The van der Waals surface area contributed by atoms with Crippen molar-refractivity contribution in [3.05, 3.63) is 23.8 Å². The van der Waals surface area contributed by atoms with Crippen LogP contribution in [0, 0.1) is 5.82 Å². The molecule has 3 rings (SSSR count). The Morgan fingerprint density at radius 3 is 2.74 bits per heavy atom. The molecule has 1 saturated heterocycles. The van der Waals surface area contributed by atoms with E-state index in [9.17, 15) is 4.39 Å². The topological polar surface area (TPSA) is 72.7 Å². The number of hydrogen-bond donors (Lipinski definition) is 1. The molecule has 2 aromatic rings. The highest BCUT2D eigenvalue weighted by molar-refractivity contribution is 5.60. The molecule has 1 aliphatic heterocycles. The van der Waals surface area contributed by atoms with Crippen LogP contribution < -0.4 is 14.8 Å². The van der Waals surface area contributed by atoms with E-state index in [4.69, 9.17) is 14.0 Å². The van der Waals surface area contributed by atoms with E-state index in [0.29, 0.717) is 17.3 Å². The number of ether oxygens (including phenoxy) is 2. The molecule has 1 atom stereocenters. The molecule has 0 saturated carbocycles. The van der Waals surface area contributed by atoms with Crippen LogP contribution in [0.5, 0.6) is 11.5 Å². The van der Waals surface area contributed by atoms with Gasteiger partial charge >= 0.3 is 0 Å². The van der Waals surface area contributed by atoms with Crippen LogP contribution in [0.15, 0.2) is 16.7 Å². The molecule has 1 aromatic heterocycles. The number of benzene rings is 1. The van der Waals surface area contributed by atoms with Gasteiger partial charge in [0.1, 0.15) is 5.82 Å². The van der Waals surface area contributed by atoms with Gasteiger partial charge in [-0.2, -0.15) is 4.98 Å². The van der Waals surface area contributed by atoms with Crippen LogP contribution in [0.3, 0.4) is 0 Å². The highest BCUT2D eigenvalue weighted by Crippen LogP contribution is 2.34. The highest BCUT2D eigenvalue weighted by atomic mass is 19.1. The van der Waals surface area contributed by atoms with Gasteiger partial charge in [0.25, 0.3) is 5.89 Å². The normalized spacial score (nSPS) is 18.9. The fourth-order valence-corrected chi connectivity index (χ4v) is 2.59. The third-order valence-electron chi connectivity index (χ3n) is 3.95. The standard InChI is InChI=1S/C15H19FN4O3/c1-20-5-4-17-8-11(20)14-18-15(23-19-14)9-6-12(21-2)13(22-3)7-10(9)16/h6-7,11,17H,4-5,8H2,1-3H3. The minimum Gasteiger partial charge on any atom is -0.493 e. The number of methoxy groups -OCH3 is 2. The molecule has 0 spiro atoms. The van der Waals surface area contributed by atoms with Gasteiger partial charge in [0.15, 0.2) is 17.3 Å². The smallest absolute Gasteiger partial charge is 0.261 e. The average Bonchev–Trinajstić information content (AvgIpc) is 3.04. The number of hydrogen-bond acceptors (Lipinski definition) is 7. The lowest BCUT2D eigenvalue weighted by Gasteiger charge is -2.30. The Labute approximate surface area is 133 Å². The zero-order valence-electron chi connectivity index (χ0n) is 13.3. The summed E-state index contributed by atoms with van der Waals surface area (Å²) < 4.78 is 29.8. The first-order chi connectivity index (χ1) is 11.1. The predicted octanol–water partition coefficient (Wildman–Crippen LogP) is 1.47. The van der Waals surface area contributed by atoms with Gasteiger partial charge in [-0.1, -0.05) is 5.16 Å². The summed E-state index contributed by atoms with van der Waals surface area (Å²) in [6.45, 7) is 2.53. The van der Waals surface area contributed by atoms with Gasteiger partial charge in [0, 0.05) is 25.7 Å². The molecule has 0 bridgehead atoms. The maximum Gasteiger partial charge on any atom is 0.261 e. The number of aromatic nitrogens is 2. The van der Waals surface area contributed by atoms with Gasteiger partial charge in [-0.15, -0.1) is 0 Å². The summed E-state index contributed by atoms with van der Waals surface area (Å²) in [5, 5.41) is 7.28. The summed E-state index contributed by atoms with van der Waals surface area (Å²) in [5.74, 6) is 0.860. The van der Waals surface area contributed by atoms with Crippen molar-refractivity contribution >= 4 is 0 Å². The molecule has 124 valence electrons. The molecular weight excluding hydrogens is 303 g/mol.